The molecule has 0 saturated carbocycles. The van der Waals surface area contributed by atoms with E-state index >= 15 is 0 Å². The molecule has 0 aliphatic heterocycles. The molecule has 4 rings (SSSR count). The number of hydrogen-bond donors (Lipinski definition) is 2. The first kappa shape index (κ1) is 18.2. The Bertz CT molecular complexity index is 1060. The molecule has 0 saturated heterocycles. The van der Waals surface area contributed by atoms with Crippen molar-refractivity contribution in [2.75, 3.05) is 5.32 Å². The molecular formula is C16H17N7OS3. The predicted octanol–water partition coefficient (Wildman–Crippen LogP) is 3.31. The minimum atomic E-state index is -1.27. The fraction of sp³-hybridized carbons (Fsp3) is 0.312. The Morgan fingerprint density at radius 3 is 2.70 bits per heavy atom. The average molecular weight is 420 g/mol. The second kappa shape index (κ2) is 7.08. The number of nitrogens with zero attached hydrogens (tertiary/aromatic N) is 6. The second-order valence-corrected chi connectivity index (χ2v) is 9.06. The molecule has 0 fully saturated rings. The van der Waals surface area contributed by atoms with Crippen molar-refractivity contribution in [1.82, 2.24) is 29.9 Å². The standard InChI is InChI=1S/C16H17N7OS3/c1-9-7-26-13(17-9)16(3,24)14-20-21-15(27-14)19-12-4-5-23(22-12)6-11-8-25-10(2)18-11/h4-5,7-8,24H,6H2,1-3H3,(H,19,21,22). The van der Waals surface area contributed by atoms with Crippen LogP contribution in [0.3, 0.4) is 0 Å². The molecule has 0 aliphatic rings. The SMILES string of the molecule is Cc1csc(C(C)(O)c2nnc(Nc3ccn(Cc4csc(C)n4)n3)s2)n1. The highest BCUT2D eigenvalue weighted by molar-refractivity contribution is 7.15. The fourth-order valence-corrected chi connectivity index (χ4v) is 4.74. The predicted molar refractivity (Wildman–Crippen MR) is 107 cm³/mol. The highest BCUT2D eigenvalue weighted by Crippen LogP contribution is 2.34. The molecule has 140 valence electrons. The Kier molecular flexibility index (Phi) is 4.76. The zero-order valence-corrected chi connectivity index (χ0v) is 17.3. The number of aromatic nitrogens is 6. The van der Waals surface area contributed by atoms with Crippen molar-refractivity contribution < 1.29 is 5.11 Å². The van der Waals surface area contributed by atoms with Crippen LogP contribution < -0.4 is 5.32 Å². The molecule has 1 atom stereocenters. The maximum atomic E-state index is 10.8. The molecule has 8 nitrogen and oxygen atoms in total. The summed E-state index contributed by atoms with van der Waals surface area (Å²) in [5, 5.41) is 33.3. The summed E-state index contributed by atoms with van der Waals surface area (Å²) in [7, 11) is 0. The lowest BCUT2D eigenvalue weighted by Crippen LogP contribution is -2.22. The lowest BCUT2D eigenvalue weighted by Gasteiger charge is -2.16. The monoisotopic (exact) mass is 419 g/mol. The van der Waals surface area contributed by atoms with Crippen molar-refractivity contribution in [3.63, 3.8) is 0 Å². The van der Waals surface area contributed by atoms with E-state index in [0.717, 1.165) is 16.4 Å². The molecular weight excluding hydrogens is 402 g/mol. The largest absolute Gasteiger partial charge is 0.376 e. The molecule has 11 heteroatoms. The Morgan fingerprint density at radius 2 is 2.00 bits per heavy atom. The normalized spacial score (nSPS) is 13.6. The van der Waals surface area contributed by atoms with Gasteiger partial charge in [0.15, 0.2) is 16.4 Å². The van der Waals surface area contributed by atoms with Crippen LogP contribution in [0.2, 0.25) is 0 Å². The van der Waals surface area contributed by atoms with Crippen molar-refractivity contribution in [1.29, 1.82) is 0 Å². The summed E-state index contributed by atoms with van der Waals surface area (Å²) in [6.07, 6.45) is 1.88. The number of nitrogens with one attached hydrogen (secondary N) is 1. The van der Waals surface area contributed by atoms with Crippen LogP contribution >= 0.6 is 34.0 Å². The van der Waals surface area contributed by atoms with E-state index in [-0.39, 0.29) is 0 Å². The van der Waals surface area contributed by atoms with Crippen LogP contribution in [0.1, 0.15) is 33.3 Å². The number of aliphatic hydroxyl groups is 1. The van der Waals surface area contributed by atoms with Crippen molar-refractivity contribution in [2.45, 2.75) is 32.9 Å². The van der Waals surface area contributed by atoms with Gasteiger partial charge >= 0.3 is 0 Å². The minimum Gasteiger partial charge on any atom is -0.376 e. The first-order valence-electron chi connectivity index (χ1n) is 8.10. The third kappa shape index (κ3) is 3.90. The Hall–Kier alpha value is -2.21. The van der Waals surface area contributed by atoms with Gasteiger partial charge in [-0.15, -0.1) is 32.9 Å². The smallest absolute Gasteiger partial charge is 0.211 e. The van der Waals surface area contributed by atoms with Crippen molar-refractivity contribution in [3.05, 3.63) is 49.4 Å². The molecule has 0 bridgehead atoms. The van der Waals surface area contributed by atoms with Gasteiger partial charge in [0.05, 0.1) is 17.2 Å². The number of anilines is 2. The number of rotatable bonds is 6. The Balaban J connectivity index is 1.46. The van der Waals surface area contributed by atoms with Crippen LogP contribution in [0, 0.1) is 13.8 Å². The highest BCUT2D eigenvalue weighted by Gasteiger charge is 2.33. The van der Waals surface area contributed by atoms with E-state index in [0.29, 0.717) is 27.5 Å². The van der Waals surface area contributed by atoms with Gasteiger partial charge in [0.2, 0.25) is 5.13 Å². The van der Waals surface area contributed by atoms with E-state index in [9.17, 15) is 5.11 Å². The Labute approximate surface area is 167 Å². The van der Waals surface area contributed by atoms with Gasteiger partial charge < -0.3 is 10.4 Å². The van der Waals surface area contributed by atoms with Crippen LogP contribution in [0.25, 0.3) is 0 Å². The maximum absolute atomic E-state index is 10.8. The summed E-state index contributed by atoms with van der Waals surface area (Å²) in [6.45, 7) is 6.18. The quantitative estimate of drug-likeness (QED) is 0.494. The fourth-order valence-electron chi connectivity index (χ4n) is 2.41. The molecule has 0 aliphatic carbocycles. The van der Waals surface area contributed by atoms with Crippen molar-refractivity contribution in [2.24, 2.45) is 0 Å². The average Bonchev–Trinajstić information content (AvgIpc) is 3.38. The van der Waals surface area contributed by atoms with E-state index in [1.807, 2.05) is 41.6 Å². The highest BCUT2D eigenvalue weighted by atomic mass is 32.1. The van der Waals surface area contributed by atoms with Crippen LogP contribution in [0.4, 0.5) is 10.9 Å². The van der Waals surface area contributed by atoms with E-state index in [1.54, 1.807) is 18.3 Å². The van der Waals surface area contributed by atoms with Gasteiger partial charge in [0.25, 0.3) is 0 Å². The lowest BCUT2D eigenvalue weighted by atomic mass is 10.1. The van der Waals surface area contributed by atoms with Gasteiger partial charge in [-0.3, -0.25) is 4.68 Å². The van der Waals surface area contributed by atoms with Gasteiger partial charge in [0, 0.05) is 28.7 Å². The first-order chi connectivity index (χ1) is 12.9. The molecule has 0 radical (unpaired) electrons. The Morgan fingerprint density at radius 1 is 1.15 bits per heavy atom. The topological polar surface area (TPSA) is 102 Å². The van der Waals surface area contributed by atoms with Gasteiger partial charge in [0.1, 0.15) is 5.01 Å². The van der Waals surface area contributed by atoms with Gasteiger partial charge in [-0.05, 0) is 20.8 Å². The second-order valence-electron chi connectivity index (χ2n) is 6.16. The zero-order valence-electron chi connectivity index (χ0n) is 14.9. The first-order valence-corrected chi connectivity index (χ1v) is 10.7. The minimum absolute atomic E-state index is 0.483. The maximum Gasteiger partial charge on any atom is 0.211 e. The summed E-state index contributed by atoms with van der Waals surface area (Å²) in [5.74, 6) is 0.661. The van der Waals surface area contributed by atoms with Crippen LogP contribution in [-0.2, 0) is 12.1 Å². The lowest BCUT2D eigenvalue weighted by molar-refractivity contribution is 0.101. The molecule has 2 N–H and O–H groups in total. The molecule has 4 aromatic rings. The summed E-state index contributed by atoms with van der Waals surface area (Å²) in [6, 6.07) is 1.86. The van der Waals surface area contributed by atoms with E-state index in [2.05, 4.69) is 30.6 Å². The van der Waals surface area contributed by atoms with E-state index in [4.69, 9.17) is 0 Å². The zero-order chi connectivity index (χ0) is 19.0. The summed E-state index contributed by atoms with van der Waals surface area (Å²) >= 11 is 4.31. The summed E-state index contributed by atoms with van der Waals surface area (Å²) < 4.78 is 1.81. The van der Waals surface area contributed by atoms with Gasteiger partial charge in [-0.2, -0.15) is 5.10 Å². The van der Waals surface area contributed by atoms with E-state index < -0.39 is 5.60 Å². The molecule has 0 amide bonds. The third-order valence-electron chi connectivity index (χ3n) is 3.74. The summed E-state index contributed by atoms with van der Waals surface area (Å²) in [4.78, 5) is 8.81. The molecule has 0 spiro atoms. The van der Waals surface area contributed by atoms with Crippen molar-refractivity contribution in [3.8, 4) is 0 Å². The van der Waals surface area contributed by atoms with Crippen molar-refractivity contribution >= 4 is 45.0 Å². The number of hydrogen-bond acceptors (Lipinski definition) is 10. The van der Waals surface area contributed by atoms with E-state index in [1.165, 1.54) is 22.7 Å². The molecule has 0 aromatic carbocycles. The van der Waals surface area contributed by atoms with Crippen LogP contribution in [0.15, 0.2) is 23.0 Å². The van der Waals surface area contributed by atoms with Crippen LogP contribution in [0.5, 0.6) is 0 Å². The molecule has 4 aromatic heterocycles. The molecule has 27 heavy (non-hydrogen) atoms. The van der Waals surface area contributed by atoms with Crippen LogP contribution in [-0.4, -0.2) is 35.1 Å². The van der Waals surface area contributed by atoms with Gasteiger partial charge in [-0.1, -0.05) is 11.3 Å². The van der Waals surface area contributed by atoms with Gasteiger partial charge in [-0.25, -0.2) is 9.97 Å². The third-order valence-corrected chi connectivity index (χ3v) is 6.79. The number of aryl methyl sites for hydroxylation is 2. The summed E-state index contributed by atoms with van der Waals surface area (Å²) in [5.41, 5.74) is 0.595. The molecule has 1 unspecified atom stereocenters. The number of thiazole rings is 2. The molecule has 4 heterocycles.